The smallest absolute Gasteiger partial charge is 0.0685 e. The fraction of sp³-hybridized carbons (Fsp3) is 1.00. The van der Waals surface area contributed by atoms with Crippen LogP contribution in [0.2, 0.25) is 0 Å². The second-order valence-corrected chi connectivity index (χ2v) is 5.52. The Morgan fingerprint density at radius 2 is 2.00 bits per heavy atom. The Labute approximate surface area is 80.7 Å². The highest BCUT2D eigenvalue weighted by Crippen LogP contribution is 2.37. The van der Waals surface area contributed by atoms with Crippen LogP contribution in [0.3, 0.4) is 0 Å². The highest BCUT2D eigenvalue weighted by molar-refractivity contribution is 14.2. The molecule has 0 saturated heterocycles. The van der Waals surface area contributed by atoms with Gasteiger partial charge in [-0.3, -0.25) is 3.97 Å². The molecule has 10 heavy (non-hydrogen) atoms. The van der Waals surface area contributed by atoms with E-state index in [1.807, 2.05) is 0 Å². The van der Waals surface area contributed by atoms with Gasteiger partial charge in [-0.2, -0.15) is 0 Å². The van der Waals surface area contributed by atoms with Crippen molar-refractivity contribution in [3.05, 3.63) is 0 Å². The zero-order chi connectivity index (χ0) is 7.23. The van der Waals surface area contributed by atoms with Crippen LogP contribution in [0, 0.1) is 0 Å². The summed E-state index contributed by atoms with van der Waals surface area (Å²) in [4.78, 5) is 0. The normalized spacial score (nSPS) is 22.5. The van der Waals surface area contributed by atoms with E-state index in [4.69, 9.17) is 3.97 Å². The van der Waals surface area contributed by atoms with Gasteiger partial charge in [0.15, 0.2) is 0 Å². The first kappa shape index (κ1) is 9.56. The van der Waals surface area contributed by atoms with Gasteiger partial charge < -0.3 is 0 Å². The zero-order valence-electron chi connectivity index (χ0n) is 5.81. The van der Waals surface area contributed by atoms with Crippen molar-refractivity contribution in [3.8, 4) is 0 Å². The maximum absolute atomic E-state index is 5.30. The van der Waals surface area contributed by atoms with Gasteiger partial charge in [0.05, 0.1) is 9.21 Å². The van der Waals surface area contributed by atoms with Gasteiger partial charge in [-0.05, 0) is 12.8 Å². The van der Waals surface area contributed by atoms with Crippen LogP contribution in [0.15, 0.2) is 0 Å². The third-order valence-corrected chi connectivity index (χ3v) is 5.02. The third kappa shape index (κ3) is 3.74. The molecule has 0 aromatic carbocycles. The molecule has 0 N–H and O–H groups in total. The van der Waals surface area contributed by atoms with Crippen molar-refractivity contribution in [1.29, 1.82) is 0 Å². The molecule has 1 nitrogen and oxygen atoms in total. The molecule has 0 aromatic heterocycles. The van der Waals surface area contributed by atoms with Crippen molar-refractivity contribution in [2.45, 2.75) is 37.8 Å². The lowest BCUT2D eigenvalue weighted by Gasteiger charge is -2.19. The maximum atomic E-state index is 5.30. The lowest BCUT2D eigenvalue weighted by Crippen LogP contribution is -2.05. The average molecular weight is 290 g/mol. The molecule has 0 aromatic rings. The van der Waals surface area contributed by atoms with Crippen molar-refractivity contribution in [2.24, 2.45) is 0 Å². The first-order valence-corrected chi connectivity index (χ1v) is 7.90. The topological polar surface area (TPSA) is 9.23 Å². The Morgan fingerprint density at radius 3 is 2.60 bits per heavy atom. The molecule has 0 amide bonds. The van der Waals surface area contributed by atoms with Crippen LogP contribution in [0.4, 0.5) is 0 Å². The fourth-order valence-electron chi connectivity index (χ4n) is 1.31. The molecule has 0 bridgehead atoms. The summed E-state index contributed by atoms with van der Waals surface area (Å²) in [6.45, 7) is 0. The lowest BCUT2D eigenvalue weighted by molar-refractivity contribution is 0.502. The van der Waals surface area contributed by atoms with Gasteiger partial charge in [-0.25, -0.2) is 0 Å². The van der Waals surface area contributed by atoms with Gasteiger partial charge >= 0.3 is 0 Å². The van der Waals surface area contributed by atoms with Gasteiger partial charge in [0.1, 0.15) is 0 Å². The summed E-state index contributed by atoms with van der Waals surface area (Å²) in [5.41, 5.74) is 0.885. The van der Waals surface area contributed by atoms with E-state index in [0.29, 0.717) is 0 Å². The van der Waals surface area contributed by atoms with E-state index in [9.17, 15) is 0 Å². The first-order chi connectivity index (χ1) is 4.93. The molecule has 0 heterocycles. The molecule has 0 radical (unpaired) electrons. The highest BCUT2D eigenvalue weighted by Gasteiger charge is 2.13. The summed E-state index contributed by atoms with van der Waals surface area (Å²) in [5.74, 6) is 0. The van der Waals surface area contributed by atoms with E-state index in [0.717, 1.165) is 14.5 Å². The van der Waals surface area contributed by atoms with Crippen LogP contribution in [0.1, 0.15) is 32.1 Å². The maximum Gasteiger partial charge on any atom is 0.0685 e. The SMILES string of the molecule is ISOPC1CCCCC1. The Hall–Kier alpha value is 1.47. The molecule has 1 aliphatic rings. The molecule has 1 saturated carbocycles. The van der Waals surface area contributed by atoms with Crippen LogP contribution in [0.5, 0.6) is 0 Å². The molecule has 1 aliphatic carbocycles. The second-order valence-electron chi connectivity index (χ2n) is 2.60. The molecular weight excluding hydrogens is 278 g/mol. The predicted octanol–water partition coefficient (Wildman–Crippen LogP) is 3.93. The third-order valence-electron chi connectivity index (χ3n) is 1.85. The molecule has 0 spiro atoms. The number of halogens is 1. The molecule has 0 aliphatic heterocycles. The minimum absolute atomic E-state index is 0.737. The Bertz CT molecular complexity index is 87.8. The van der Waals surface area contributed by atoms with Crippen molar-refractivity contribution in [2.75, 3.05) is 0 Å². The van der Waals surface area contributed by atoms with Crippen LogP contribution in [-0.4, -0.2) is 5.66 Å². The molecule has 1 rings (SSSR count). The molecule has 1 atom stereocenters. The van der Waals surface area contributed by atoms with Gasteiger partial charge in [0.2, 0.25) is 0 Å². The number of rotatable bonds is 3. The summed E-state index contributed by atoms with van der Waals surface area (Å²) < 4.78 is 5.30. The van der Waals surface area contributed by atoms with E-state index in [1.165, 1.54) is 41.3 Å². The van der Waals surface area contributed by atoms with E-state index in [-0.39, 0.29) is 0 Å². The van der Waals surface area contributed by atoms with E-state index in [1.54, 1.807) is 0 Å². The van der Waals surface area contributed by atoms with Crippen molar-refractivity contribution in [3.63, 3.8) is 0 Å². The average Bonchev–Trinajstić information content (AvgIpc) is 2.03. The van der Waals surface area contributed by atoms with Crippen LogP contribution < -0.4 is 0 Å². The van der Waals surface area contributed by atoms with Crippen LogP contribution in [0.25, 0.3) is 0 Å². The lowest BCUT2D eigenvalue weighted by atomic mass is 10.0. The van der Waals surface area contributed by atoms with Gasteiger partial charge in [-0.1, -0.05) is 19.3 Å². The van der Waals surface area contributed by atoms with Crippen LogP contribution in [-0.2, 0) is 3.97 Å². The molecule has 1 fully saturated rings. The summed E-state index contributed by atoms with van der Waals surface area (Å²) in [6, 6.07) is 0. The Morgan fingerprint density at radius 1 is 1.30 bits per heavy atom. The van der Waals surface area contributed by atoms with Crippen molar-refractivity contribution in [1.82, 2.24) is 0 Å². The first-order valence-electron chi connectivity index (χ1n) is 3.63. The summed E-state index contributed by atoms with van der Waals surface area (Å²) in [6.07, 6.45) is 7.09. The molecular formula is C6H12IOPS. The minimum atomic E-state index is 0.737. The summed E-state index contributed by atoms with van der Waals surface area (Å²) in [7, 11) is 2.21. The zero-order valence-corrected chi connectivity index (χ0v) is 9.78. The predicted molar refractivity (Wildman–Crippen MR) is 57.9 cm³/mol. The number of hydrogen-bond donors (Lipinski definition) is 0. The van der Waals surface area contributed by atoms with E-state index >= 15 is 0 Å². The van der Waals surface area contributed by atoms with E-state index < -0.39 is 0 Å². The van der Waals surface area contributed by atoms with Crippen molar-refractivity contribution < 1.29 is 3.97 Å². The van der Waals surface area contributed by atoms with Gasteiger partial charge in [0, 0.05) is 35.7 Å². The standard InChI is InChI=1S/C6H12IOPS/c7-10-8-9-6-4-2-1-3-5-6/h6,9H,1-5H2. The molecule has 4 heteroatoms. The van der Waals surface area contributed by atoms with Crippen LogP contribution >= 0.6 is 39.2 Å². The summed E-state index contributed by atoms with van der Waals surface area (Å²) >= 11 is 2.18. The van der Waals surface area contributed by atoms with E-state index in [2.05, 4.69) is 21.2 Å². The second kappa shape index (κ2) is 6.04. The fourth-order valence-corrected chi connectivity index (χ4v) is 3.57. The molecule has 60 valence electrons. The van der Waals surface area contributed by atoms with Crippen molar-refractivity contribution >= 4 is 39.2 Å². The quantitative estimate of drug-likeness (QED) is 0.442. The highest BCUT2D eigenvalue weighted by atomic mass is 127. The molecule has 1 unspecified atom stereocenters. The number of hydrogen-bond acceptors (Lipinski definition) is 2. The summed E-state index contributed by atoms with van der Waals surface area (Å²) in [5, 5.41) is 0. The monoisotopic (exact) mass is 290 g/mol. The minimum Gasteiger partial charge on any atom is -0.286 e. The van der Waals surface area contributed by atoms with Gasteiger partial charge in [-0.15, -0.1) is 0 Å². The largest absolute Gasteiger partial charge is 0.286 e. The Kier molecular flexibility index (Phi) is 5.77. The Balaban J connectivity index is 2.02. The van der Waals surface area contributed by atoms with Gasteiger partial charge in [0.25, 0.3) is 0 Å².